The van der Waals surface area contributed by atoms with Gasteiger partial charge in [-0.1, -0.05) is 34.8 Å². The fourth-order valence-electron chi connectivity index (χ4n) is 0.959. The highest BCUT2D eigenvalue weighted by molar-refractivity contribution is 6.76. The number of hydrogen-bond donors (Lipinski definition) is 6. The van der Waals surface area contributed by atoms with E-state index in [1.165, 1.54) is 0 Å². The number of ketones is 1. The molecule has 0 heterocycles. The van der Waals surface area contributed by atoms with Gasteiger partial charge in [-0.25, -0.2) is 0 Å². The van der Waals surface area contributed by atoms with Crippen LogP contribution in [0.25, 0.3) is 0 Å². The summed E-state index contributed by atoms with van der Waals surface area (Å²) >= 11 is 15.5. The lowest BCUT2D eigenvalue weighted by molar-refractivity contribution is -0.151. The highest BCUT2D eigenvalue weighted by atomic mass is 35.6. The Morgan fingerprint density at radius 2 is 1.53 bits per heavy atom. The molecule has 8 nitrogen and oxygen atoms in total. The zero-order chi connectivity index (χ0) is 15.4. The smallest absolute Gasteiger partial charge is 0.274 e. The number of alkyl halides is 3. The molecule has 0 spiro atoms. The van der Waals surface area contributed by atoms with Crippen molar-refractivity contribution in [1.82, 2.24) is 5.32 Å². The summed E-state index contributed by atoms with van der Waals surface area (Å²) < 4.78 is -2.41. The fraction of sp³-hybridized carbons (Fsp3) is 0.750. The molecular formula is C8H12Cl3NO7. The number of amides is 1. The number of Topliss-reactive ketones (excluding diaryl/α,β-unsaturated/α-hetero) is 1. The molecule has 6 N–H and O–H groups in total. The van der Waals surface area contributed by atoms with Crippen molar-refractivity contribution in [3.8, 4) is 0 Å². The summed E-state index contributed by atoms with van der Waals surface area (Å²) in [6.45, 7) is -1.08. The lowest BCUT2D eigenvalue weighted by Crippen LogP contribution is -2.55. The maximum absolute atomic E-state index is 11.1. The zero-order valence-corrected chi connectivity index (χ0v) is 11.5. The summed E-state index contributed by atoms with van der Waals surface area (Å²) in [6.07, 6.45) is -8.58. The van der Waals surface area contributed by atoms with E-state index in [2.05, 4.69) is 0 Å². The van der Waals surface area contributed by atoms with E-state index in [0.717, 1.165) is 0 Å². The molecule has 0 bridgehead atoms. The zero-order valence-electron chi connectivity index (χ0n) is 9.20. The van der Waals surface area contributed by atoms with Gasteiger partial charge in [-0.15, -0.1) is 0 Å². The molecule has 0 saturated heterocycles. The van der Waals surface area contributed by atoms with Crippen molar-refractivity contribution in [2.75, 3.05) is 6.61 Å². The largest absolute Gasteiger partial charge is 0.388 e. The van der Waals surface area contributed by atoms with Gasteiger partial charge >= 0.3 is 0 Å². The topological polar surface area (TPSA) is 147 Å². The van der Waals surface area contributed by atoms with Crippen LogP contribution in [-0.4, -0.2) is 72.2 Å². The van der Waals surface area contributed by atoms with E-state index < -0.39 is 46.6 Å². The van der Waals surface area contributed by atoms with Gasteiger partial charge in [0, 0.05) is 0 Å². The first-order valence-corrected chi connectivity index (χ1v) is 5.89. The highest BCUT2D eigenvalue weighted by Crippen LogP contribution is 2.26. The second kappa shape index (κ2) is 7.55. The number of aliphatic hydroxyl groups excluding tert-OH is 5. The predicted molar refractivity (Wildman–Crippen MR) is 64.6 cm³/mol. The molecule has 11 heteroatoms. The average Bonchev–Trinajstić information content (AvgIpc) is 2.33. The monoisotopic (exact) mass is 339 g/mol. The average molecular weight is 341 g/mol. The summed E-state index contributed by atoms with van der Waals surface area (Å²) in [4.78, 5) is 22.0. The maximum Gasteiger partial charge on any atom is 0.274 e. The van der Waals surface area contributed by atoms with Crippen molar-refractivity contribution in [3.63, 3.8) is 0 Å². The minimum Gasteiger partial charge on any atom is -0.388 e. The Bertz CT molecular complexity index is 335. The molecule has 0 aromatic rings. The van der Waals surface area contributed by atoms with Gasteiger partial charge in [0.05, 0.1) is 0 Å². The Morgan fingerprint density at radius 1 is 1.05 bits per heavy atom. The minimum absolute atomic E-state index is 1.08. The SMILES string of the molecule is O=C(CO)[C@@H](O)[C@H](O)[C@@H](O)C(O)NC(=O)C(Cl)(Cl)Cl. The second-order valence-corrected chi connectivity index (χ2v) is 5.75. The van der Waals surface area contributed by atoms with Gasteiger partial charge in [-0.3, -0.25) is 9.59 Å². The number of aliphatic hydroxyl groups is 5. The Labute approximate surface area is 122 Å². The van der Waals surface area contributed by atoms with E-state index >= 15 is 0 Å². The van der Waals surface area contributed by atoms with Crippen LogP contribution in [0.4, 0.5) is 0 Å². The van der Waals surface area contributed by atoms with Gasteiger partial charge < -0.3 is 30.8 Å². The first-order valence-electron chi connectivity index (χ1n) is 4.76. The van der Waals surface area contributed by atoms with Crippen LogP contribution in [-0.2, 0) is 9.59 Å². The van der Waals surface area contributed by atoms with Crippen LogP contribution in [0.3, 0.4) is 0 Å². The van der Waals surface area contributed by atoms with Gasteiger partial charge in [0.25, 0.3) is 9.70 Å². The summed E-state index contributed by atoms with van der Waals surface area (Å²) in [6, 6.07) is 0. The van der Waals surface area contributed by atoms with E-state index in [4.69, 9.17) is 39.9 Å². The number of carbonyl (C=O) groups excluding carboxylic acids is 2. The molecule has 19 heavy (non-hydrogen) atoms. The van der Waals surface area contributed by atoms with Crippen LogP contribution >= 0.6 is 34.8 Å². The van der Waals surface area contributed by atoms with Crippen LogP contribution in [0.15, 0.2) is 0 Å². The number of hydrogen-bond acceptors (Lipinski definition) is 7. The molecule has 0 fully saturated rings. The standard InChI is InChI=1S/C8H12Cl3NO7/c9-8(10,11)7(19)12-6(18)5(17)4(16)3(15)2(14)1-13/h3-6,13,15-18H,1H2,(H,12,19)/t3-,4+,5-,6?/m1/s1. The van der Waals surface area contributed by atoms with Gasteiger partial charge in [0.1, 0.15) is 24.9 Å². The number of rotatable bonds is 6. The highest BCUT2D eigenvalue weighted by Gasteiger charge is 2.38. The summed E-state index contributed by atoms with van der Waals surface area (Å²) in [5.41, 5.74) is 0. The maximum atomic E-state index is 11.1. The van der Waals surface area contributed by atoms with Crippen LogP contribution < -0.4 is 5.32 Å². The van der Waals surface area contributed by atoms with E-state index in [9.17, 15) is 30.0 Å². The minimum atomic E-state index is -2.41. The third-order valence-electron chi connectivity index (χ3n) is 2.02. The Hall–Kier alpha value is -0.190. The molecule has 112 valence electrons. The van der Waals surface area contributed by atoms with E-state index in [-0.39, 0.29) is 0 Å². The van der Waals surface area contributed by atoms with Crippen molar-refractivity contribution >= 4 is 46.5 Å². The molecule has 0 aliphatic carbocycles. The number of carbonyl (C=O) groups is 2. The molecule has 4 atom stereocenters. The molecule has 1 unspecified atom stereocenters. The Balaban J connectivity index is 4.60. The van der Waals surface area contributed by atoms with Crippen LogP contribution in [0.1, 0.15) is 0 Å². The van der Waals surface area contributed by atoms with E-state index in [0.29, 0.717) is 0 Å². The summed E-state index contributed by atoms with van der Waals surface area (Å²) in [7, 11) is 0. The van der Waals surface area contributed by atoms with Crippen LogP contribution in [0.5, 0.6) is 0 Å². The number of nitrogens with one attached hydrogen (secondary N) is 1. The molecule has 0 rings (SSSR count). The first-order chi connectivity index (χ1) is 8.52. The molecule has 0 saturated carbocycles. The molecule has 0 aliphatic heterocycles. The molecule has 0 radical (unpaired) electrons. The fourth-order valence-corrected chi connectivity index (χ4v) is 1.12. The van der Waals surface area contributed by atoms with Crippen molar-refractivity contribution < 1.29 is 35.1 Å². The molecule has 1 amide bonds. The molecule has 0 aromatic heterocycles. The van der Waals surface area contributed by atoms with Crippen molar-refractivity contribution in [2.24, 2.45) is 0 Å². The summed E-state index contributed by atoms with van der Waals surface area (Å²) in [5.74, 6) is -2.48. The third kappa shape index (κ3) is 5.76. The number of halogens is 3. The van der Waals surface area contributed by atoms with Gasteiger partial charge in [-0.2, -0.15) is 0 Å². The van der Waals surface area contributed by atoms with E-state index in [1.807, 2.05) is 0 Å². The lowest BCUT2D eigenvalue weighted by Gasteiger charge is -2.26. The van der Waals surface area contributed by atoms with Gasteiger partial charge in [-0.05, 0) is 0 Å². The predicted octanol–water partition coefficient (Wildman–Crippen LogP) is -2.56. The third-order valence-corrected chi connectivity index (χ3v) is 2.53. The van der Waals surface area contributed by atoms with Gasteiger partial charge in [0.15, 0.2) is 12.0 Å². The molecule has 0 aromatic carbocycles. The van der Waals surface area contributed by atoms with Crippen molar-refractivity contribution in [1.29, 1.82) is 0 Å². The lowest BCUT2D eigenvalue weighted by atomic mass is 10.0. The Kier molecular flexibility index (Phi) is 7.48. The van der Waals surface area contributed by atoms with Crippen LogP contribution in [0.2, 0.25) is 0 Å². The van der Waals surface area contributed by atoms with Crippen molar-refractivity contribution in [3.05, 3.63) is 0 Å². The summed E-state index contributed by atoms with van der Waals surface area (Å²) in [5, 5.41) is 47.3. The second-order valence-electron chi connectivity index (χ2n) is 3.47. The van der Waals surface area contributed by atoms with Crippen molar-refractivity contribution in [2.45, 2.75) is 28.3 Å². The van der Waals surface area contributed by atoms with E-state index in [1.54, 1.807) is 5.32 Å². The van der Waals surface area contributed by atoms with Crippen LogP contribution in [0, 0.1) is 0 Å². The molecule has 0 aliphatic rings. The normalized spacial score (nSPS) is 18.3. The Morgan fingerprint density at radius 3 is 1.89 bits per heavy atom. The molecular weight excluding hydrogens is 328 g/mol. The van der Waals surface area contributed by atoms with Gasteiger partial charge in [0.2, 0.25) is 0 Å². The first kappa shape index (κ1) is 18.8. The quantitative estimate of drug-likeness (QED) is 0.230.